The van der Waals surface area contributed by atoms with Crippen molar-refractivity contribution in [2.45, 2.75) is 18.9 Å². The predicted molar refractivity (Wildman–Crippen MR) is 99.6 cm³/mol. The van der Waals surface area contributed by atoms with Crippen LogP contribution in [0.2, 0.25) is 5.02 Å². The molecule has 2 heterocycles. The van der Waals surface area contributed by atoms with E-state index < -0.39 is 0 Å². The van der Waals surface area contributed by atoms with Crippen LogP contribution >= 0.6 is 11.6 Å². The number of aromatic nitrogens is 2. The van der Waals surface area contributed by atoms with Crippen LogP contribution in [0.3, 0.4) is 0 Å². The van der Waals surface area contributed by atoms with Gasteiger partial charge in [-0.1, -0.05) is 29.8 Å². The Hall–Kier alpha value is -2.18. The van der Waals surface area contributed by atoms with Gasteiger partial charge in [0, 0.05) is 31.7 Å². The molecule has 0 bridgehead atoms. The Bertz CT molecular complexity index is 714. The molecule has 2 aromatic rings. The standard InChI is InChI=1S/C18H22ClN5O/c1-20-18(25)12-24-10-8-13(9-11-24)21-17-7-6-16(22-23-17)14-4-2-3-5-15(14)19/h2-7,13H,8-12H2,1H3,(H,20,25)(H,21,23). The van der Waals surface area contributed by atoms with E-state index in [4.69, 9.17) is 11.6 Å². The van der Waals surface area contributed by atoms with Gasteiger partial charge in [-0.25, -0.2) is 0 Å². The van der Waals surface area contributed by atoms with Crippen molar-refractivity contribution in [1.29, 1.82) is 0 Å². The predicted octanol–water partition coefficient (Wildman–Crippen LogP) is 2.42. The number of piperidine rings is 1. The second kappa shape index (κ2) is 8.27. The fourth-order valence-corrected chi connectivity index (χ4v) is 3.18. The van der Waals surface area contributed by atoms with Gasteiger partial charge in [0.1, 0.15) is 5.82 Å². The first kappa shape index (κ1) is 17.6. The molecule has 1 aliphatic heterocycles. The number of likely N-dealkylation sites (N-methyl/N-ethyl adjacent to an activating group) is 1. The highest BCUT2D eigenvalue weighted by molar-refractivity contribution is 6.33. The molecule has 0 aliphatic carbocycles. The van der Waals surface area contributed by atoms with E-state index in [1.165, 1.54) is 0 Å². The summed E-state index contributed by atoms with van der Waals surface area (Å²) in [5, 5.41) is 15.3. The highest BCUT2D eigenvalue weighted by Gasteiger charge is 2.20. The molecule has 0 atom stereocenters. The first-order chi connectivity index (χ1) is 12.2. The number of halogens is 1. The Morgan fingerprint density at radius 2 is 1.96 bits per heavy atom. The minimum Gasteiger partial charge on any atom is -0.366 e. The Labute approximate surface area is 152 Å². The lowest BCUT2D eigenvalue weighted by Gasteiger charge is -2.31. The van der Waals surface area contributed by atoms with Crippen molar-refractivity contribution in [3.05, 3.63) is 41.4 Å². The monoisotopic (exact) mass is 359 g/mol. The lowest BCUT2D eigenvalue weighted by molar-refractivity contribution is -0.122. The van der Waals surface area contributed by atoms with Crippen molar-refractivity contribution in [2.24, 2.45) is 0 Å². The molecule has 25 heavy (non-hydrogen) atoms. The number of hydrogen-bond donors (Lipinski definition) is 2. The van der Waals surface area contributed by atoms with Crippen LogP contribution in [-0.4, -0.2) is 53.7 Å². The van der Waals surface area contributed by atoms with E-state index in [0.29, 0.717) is 17.6 Å². The number of likely N-dealkylation sites (tertiary alicyclic amines) is 1. The Morgan fingerprint density at radius 3 is 2.60 bits per heavy atom. The molecule has 0 radical (unpaired) electrons. The van der Waals surface area contributed by atoms with E-state index in [9.17, 15) is 4.79 Å². The van der Waals surface area contributed by atoms with E-state index in [2.05, 4.69) is 25.7 Å². The van der Waals surface area contributed by atoms with Crippen molar-refractivity contribution >= 4 is 23.3 Å². The third-order valence-electron chi connectivity index (χ3n) is 4.40. The lowest BCUT2D eigenvalue weighted by Crippen LogP contribution is -2.43. The maximum absolute atomic E-state index is 11.4. The molecular weight excluding hydrogens is 338 g/mol. The Morgan fingerprint density at radius 1 is 1.20 bits per heavy atom. The SMILES string of the molecule is CNC(=O)CN1CCC(Nc2ccc(-c3ccccc3Cl)nn2)CC1. The summed E-state index contributed by atoms with van der Waals surface area (Å²) in [4.78, 5) is 13.6. The number of carbonyl (C=O) groups is 1. The maximum Gasteiger partial charge on any atom is 0.233 e. The van der Waals surface area contributed by atoms with Crippen molar-refractivity contribution in [3.63, 3.8) is 0 Å². The summed E-state index contributed by atoms with van der Waals surface area (Å²) in [6.07, 6.45) is 1.95. The van der Waals surface area contributed by atoms with Crippen LogP contribution in [0, 0.1) is 0 Å². The quantitative estimate of drug-likeness (QED) is 0.858. The molecule has 6 nitrogen and oxygen atoms in total. The Kier molecular flexibility index (Phi) is 5.83. The number of benzene rings is 1. The minimum atomic E-state index is 0.0624. The van der Waals surface area contributed by atoms with Crippen molar-refractivity contribution in [1.82, 2.24) is 20.4 Å². The summed E-state index contributed by atoms with van der Waals surface area (Å²) in [6.45, 7) is 2.27. The second-order valence-corrected chi connectivity index (χ2v) is 6.56. The average Bonchev–Trinajstić information content (AvgIpc) is 2.64. The first-order valence-electron chi connectivity index (χ1n) is 8.44. The van der Waals surface area contributed by atoms with Gasteiger partial charge in [0.05, 0.1) is 17.3 Å². The van der Waals surface area contributed by atoms with Gasteiger partial charge < -0.3 is 10.6 Å². The number of carbonyl (C=O) groups excluding carboxylic acids is 1. The van der Waals surface area contributed by atoms with Gasteiger partial charge in [0.25, 0.3) is 0 Å². The molecule has 132 valence electrons. The molecule has 1 aromatic carbocycles. The van der Waals surface area contributed by atoms with Gasteiger partial charge in [0.15, 0.2) is 0 Å². The molecule has 0 unspecified atom stereocenters. The summed E-state index contributed by atoms with van der Waals surface area (Å²) in [6, 6.07) is 11.8. The average molecular weight is 360 g/mol. The molecule has 7 heteroatoms. The largest absolute Gasteiger partial charge is 0.366 e. The molecule has 1 saturated heterocycles. The molecule has 1 aliphatic rings. The topological polar surface area (TPSA) is 70.2 Å². The number of nitrogens with zero attached hydrogens (tertiary/aromatic N) is 3. The zero-order valence-corrected chi connectivity index (χ0v) is 15.0. The van der Waals surface area contributed by atoms with Crippen LogP contribution < -0.4 is 10.6 Å². The number of rotatable bonds is 5. The van der Waals surface area contributed by atoms with Gasteiger partial charge in [-0.15, -0.1) is 10.2 Å². The molecule has 1 aromatic heterocycles. The highest BCUT2D eigenvalue weighted by Crippen LogP contribution is 2.26. The molecule has 3 rings (SSSR count). The lowest BCUT2D eigenvalue weighted by atomic mass is 10.1. The molecule has 1 amide bonds. The van der Waals surface area contributed by atoms with Crippen LogP contribution in [0.5, 0.6) is 0 Å². The van der Waals surface area contributed by atoms with Gasteiger partial charge in [-0.3, -0.25) is 9.69 Å². The number of nitrogens with one attached hydrogen (secondary N) is 2. The van der Waals surface area contributed by atoms with Crippen molar-refractivity contribution < 1.29 is 4.79 Å². The third kappa shape index (κ3) is 4.67. The summed E-state index contributed by atoms with van der Waals surface area (Å²) < 4.78 is 0. The summed E-state index contributed by atoms with van der Waals surface area (Å²) in [7, 11) is 1.67. The van der Waals surface area contributed by atoms with Gasteiger partial charge in [0.2, 0.25) is 5.91 Å². The smallest absolute Gasteiger partial charge is 0.233 e. The molecule has 0 spiro atoms. The molecule has 2 N–H and O–H groups in total. The van der Waals surface area contributed by atoms with Gasteiger partial charge in [-0.2, -0.15) is 0 Å². The summed E-state index contributed by atoms with van der Waals surface area (Å²) >= 11 is 6.20. The normalized spacial score (nSPS) is 15.8. The van der Waals surface area contributed by atoms with Crippen molar-refractivity contribution in [2.75, 3.05) is 32.0 Å². The van der Waals surface area contributed by atoms with Crippen LogP contribution in [0.25, 0.3) is 11.3 Å². The van der Waals surface area contributed by atoms with Crippen molar-refractivity contribution in [3.8, 4) is 11.3 Å². The van der Waals surface area contributed by atoms with E-state index >= 15 is 0 Å². The number of hydrogen-bond acceptors (Lipinski definition) is 5. The molecular formula is C18H22ClN5O. The first-order valence-corrected chi connectivity index (χ1v) is 8.81. The van der Waals surface area contributed by atoms with Crippen LogP contribution in [0.1, 0.15) is 12.8 Å². The van der Waals surface area contributed by atoms with Crippen LogP contribution in [0.15, 0.2) is 36.4 Å². The third-order valence-corrected chi connectivity index (χ3v) is 4.73. The van der Waals surface area contributed by atoms with E-state index in [1.807, 2.05) is 36.4 Å². The summed E-state index contributed by atoms with van der Waals surface area (Å²) in [5.74, 6) is 0.827. The fraction of sp³-hybridized carbons (Fsp3) is 0.389. The zero-order valence-electron chi connectivity index (χ0n) is 14.2. The number of amides is 1. The van der Waals surface area contributed by atoms with E-state index in [-0.39, 0.29) is 5.91 Å². The van der Waals surface area contributed by atoms with E-state index in [0.717, 1.165) is 43.0 Å². The highest BCUT2D eigenvalue weighted by atomic mass is 35.5. The maximum atomic E-state index is 11.4. The van der Waals surface area contributed by atoms with Crippen LogP contribution in [-0.2, 0) is 4.79 Å². The summed E-state index contributed by atoms with van der Waals surface area (Å²) in [5.41, 5.74) is 1.64. The Balaban J connectivity index is 1.54. The minimum absolute atomic E-state index is 0.0624. The number of anilines is 1. The second-order valence-electron chi connectivity index (χ2n) is 6.15. The van der Waals surface area contributed by atoms with Gasteiger partial charge in [-0.05, 0) is 31.0 Å². The molecule has 0 saturated carbocycles. The molecule has 1 fully saturated rings. The van der Waals surface area contributed by atoms with E-state index in [1.54, 1.807) is 7.05 Å². The zero-order chi connectivity index (χ0) is 17.6. The van der Waals surface area contributed by atoms with Gasteiger partial charge >= 0.3 is 0 Å². The fourth-order valence-electron chi connectivity index (χ4n) is 2.95. The van der Waals surface area contributed by atoms with Crippen LogP contribution in [0.4, 0.5) is 5.82 Å².